The number of esters is 1. The van der Waals surface area contributed by atoms with Gasteiger partial charge in [0, 0.05) is 15.5 Å². The summed E-state index contributed by atoms with van der Waals surface area (Å²) in [6, 6.07) is 13.0. The van der Waals surface area contributed by atoms with Gasteiger partial charge in [-0.1, -0.05) is 29.8 Å². The molecule has 0 atom stereocenters. The monoisotopic (exact) mass is 413 g/mol. The Labute approximate surface area is 160 Å². The van der Waals surface area contributed by atoms with E-state index >= 15 is 0 Å². The summed E-state index contributed by atoms with van der Waals surface area (Å²) >= 11 is 3.47. The van der Waals surface area contributed by atoms with Gasteiger partial charge in [0.25, 0.3) is 0 Å². The fourth-order valence-electron chi connectivity index (χ4n) is 2.43. The second-order valence-corrected chi connectivity index (χ2v) is 7.32. The van der Waals surface area contributed by atoms with Gasteiger partial charge in [0.05, 0.1) is 17.7 Å². The van der Waals surface area contributed by atoms with E-state index in [1.165, 1.54) is 6.33 Å². The summed E-state index contributed by atoms with van der Waals surface area (Å²) in [4.78, 5) is 20.6. The maximum atomic E-state index is 12.0. The molecule has 1 heterocycles. The zero-order chi connectivity index (χ0) is 18.5. The minimum absolute atomic E-state index is 0.298. The molecular formula is C20H20BrN3O2. The first-order valence-corrected chi connectivity index (χ1v) is 9.26. The largest absolute Gasteiger partial charge is 0.462 e. The Morgan fingerprint density at radius 1 is 1.15 bits per heavy atom. The molecule has 0 aliphatic rings. The van der Waals surface area contributed by atoms with Crippen LogP contribution in [-0.2, 0) is 4.74 Å². The van der Waals surface area contributed by atoms with Crippen LogP contribution >= 0.6 is 15.9 Å². The van der Waals surface area contributed by atoms with Crippen LogP contribution in [0.1, 0.15) is 30.6 Å². The molecule has 3 aromatic rings. The summed E-state index contributed by atoms with van der Waals surface area (Å²) < 4.78 is 6.24. The van der Waals surface area contributed by atoms with Crippen molar-refractivity contribution in [1.82, 2.24) is 9.97 Å². The quantitative estimate of drug-likeness (QED) is 0.552. The molecule has 0 radical (unpaired) electrons. The number of ether oxygens (including phenoxy) is 1. The summed E-state index contributed by atoms with van der Waals surface area (Å²) in [6.07, 6.45) is 2.39. The van der Waals surface area contributed by atoms with E-state index in [1.807, 2.05) is 30.3 Å². The van der Waals surface area contributed by atoms with Crippen molar-refractivity contribution in [1.29, 1.82) is 0 Å². The molecule has 26 heavy (non-hydrogen) atoms. The first-order valence-electron chi connectivity index (χ1n) is 8.47. The number of hydrogen-bond acceptors (Lipinski definition) is 5. The van der Waals surface area contributed by atoms with Crippen molar-refractivity contribution in [2.75, 3.05) is 11.9 Å². The number of carbonyl (C=O) groups excluding carboxylic acids is 1. The van der Waals surface area contributed by atoms with Crippen LogP contribution in [0.4, 0.5) is 11.5 Å². The average molecular weight is 414 g/mol. The lowest BCUT2D eigenvalue weighted by Crippen LogP contribution is -2.08. The lowest BCUT2D eigenvalue weighted by molar-refractivity contribution is 0.0488. The van der Waals surface area contributed by atoms with Gasteiger partial charge in [-0.05, 0) is 54.8 Å². The van der Waals surface area contributed by atoms with Crippen LogP contribution in [0.2, 0.25) is 0 Å². The molecule has 0 spiro atoms. The van der Waals surface area contributed by atoms with Gasteiger partial charge in [0.1, 0.15) is 12.1 Å². The average Bonchev–Trinajstić information content (AvgIpc) is 2.62. The number of fused-ring (bicyclic) bond motifs is 1. The molecule has 0 fully saturated rings. The van der Waals surface area contributed by atoms with Crippen molar-refractivity contribution in [2.45, 2.75) is 20.3 Å². The van der Waals surface area contributed by atoms with Gasteiger partial charge in [-0.15, -0.1) is 0 Å². The van der Waals surface area contributed by atoms with Gasteiger partial charge in [-0.3, -0.25) is 0 Å². The van der Waals surface area contributed by atoms with E-state index in [0.29, 0.717) is 23.9 Å². The van der Waals surface area contributed by atoms with E-state index in [-0.39, 0.29) is 5.97 Å². The summed E-state index contributed by atoms with van der Waals surface area (Å²) in [5.74, 6) is 0.925. The molecule has 5 nitrogen and oxygen atoms in total. The minimum Gasteiger partial charge on any atom is -0.462 e. The number of aromatic nitrogens is 2. The molecule has 0 aliphatic carbocycles. The Kier molecular flexibility index (Phi) is 5.83. The highest BCUT2D eigenvalue weighted by atomic mass is 79.9. The van der Waals surface area contributed by atoms with Gasteiger partial charge in [-0.2, -0.15) is 0 Å². The summed E-state index contributed by atoms with van der Waals surface area (Å²) in [5.41, 5.74) is 2.23. The molecule has 134 valence electrons. The van der Waals surface area contributed by atoms with Gasteiger partial charge < -0.3 is 10.1 Å². The van der Waals surface area contributed by atoms with E-state index < -0.39 is 0 Å². The van der Waals surface area contributed by atoms with Crippen LogP contribution in [-0.4, -0.2) is 22.5 Å². The van der Waals surface area contributed by atoms with Gasteiger partial charge in [0.2, 0.25) is 0 Å². The zero-order valence-corrected chi connectivity index (χ0v) is 16.3. The number of carbonyl (C=O) groups is 1. The maximum absolute atomic E-state index is 12.0. The second-order valence-electron chi connectivity index (χ2n) is 6.40. The fraction of sp³-hybridized carbons (Fsp3) is 0.250. The van der Waals surface area contributed by atoms with E-state index in [9.17, 15) is 4.79 Å². The molecule has 0 unspecified atom stereocenters. The maximum Gasteiger partial charge on any atom is 0.338 e. The van der Waals surface area contributed by atoms with Crippen molar-refractivity contribution in [3.63, 3.8) is 0 Å². The smallest absolute Gasteiger partial charge is 0.338 e. The molecule has 6 heteroatoms. The van der Waals surface area contributed by atoms with Crippen molar-refractivity contribution >= 4 is 44.3 Å². The van der Waals surface area contributed by atoms with Crippen LogP contribution in [0, 0.1) is 5.92 Å². The lowest BCUT2D eigenvalue weighted by atomic mass is 10.1. The second kappa shape index (κ2) is 8.27. The number of nitrogens with one attached hydrogen (secondary N) is 1. The van der Waals surface area contributed by atoms with E-state index in [2.05, 4.69) is 45.1 Å². The summed E-state index contributed by atoms with van der Waals surface area (Å²) in [5, 5.41) is 4.19. The van der Waals surface area contributed by atoms with E-state index in [1.54, 1.807) is 12.1 Å². The highest BCUT2D eigenvalue weighted by Gasteiger charge is 2.09. The minimum atomic E-state index is -0.298. The molecule has 0 bridgehead atoms. The molecule has 2 aromatic carbocycles. The topological polar surface area (TPSA) is 64.1 Å². The normalized spacial score (nSPS) is 10.9. The number of hydrogen-bond donors (Lipinski definition) is 1. The first kappa shape index (κ1) is 18.3. The third-order valence-corrected chi connectivity index (χ3v) is 4.40. The number of benzene rings is 2. The molecule has 3 rings (SSSR count). The van der Waals surface area contributed by atoms with Crippen molar-refractivity contribution in [3.05, 3.63) is 58.8 Å². The Balaban J connectivity index is 1.72. The standard InChI is InChI=1S/C20H20BrN3O2/c1-13(2)9-10-26-20(25)14-3-6-16(7-4-14)24-19-17-11-15(21)5-8-18(17)22-12-23-19/h3-8,11-13H,9-10H2,1-2H3,(H,22,23,24). The highest BCUT2D eigenvalue weighted by molar-refractivity contribution is 9.10. The molecule has 0 saturated heterocycles. The Morgan fingerprint density at radius 2 is 1.92 bits per heavy atom. The van der Waals surface area contributed by atoms with Crippen LogP contribution in [0.5, 0.6) is 0 Å². The van der Waals surface area contributed by atoms with Crippen molar-refractivity contribution < 1.29 is 9.53 Å². The predicted octanol–water partition coefficient (Wildman–Crippen LogP) is 5.34. The SMILES string of the molecule is CC(C)CCOC(=O)c1ccc(Nc2ncnc3ccc(Br)cc23)cc1. The molecule has 0 saturated carbocycles. The molecule has 1 aromatic heterocycles. The first-order chi connectivity index (χ1) is 12.5. The van der Waals surface area contributed by atoms with Crippen LogP contribution < -0.4 is 5.32 Å². The van der Waals surface area contributed by atoms with Gasteiger partial charge in [-0.25, -0.2) is 14.8 Å². The number of halogens is 1. The Morgan fingerprint density at radius 3 is 2.65 bits per heavy atom. The van der Waals surface area contributed by atoms with E-state index in [4.69, 9.17) is 4.74 Å². The summed E-state index contributed by atoms with van der Waals surface area (Å²) in [6.45, 7) is 4.64. The highest BCUT2D eigenvalue weighted by Crippen LogP contribution is 2.26. The number of rotatable bonds is 6. The number of anilines is 2. The summed E-state index contributed by atoms with van der Waals surface area (Å²) in [7, 11) is 0. The van der Waals surface area contributed by atoms with Crippen LogP contribution in [0.3, 0.4) is 0 Å². The fourth-order valence-corrected chi connectivity index (χ4v) is 2.79. The lowest BCUT2D eigenvalue weighted by Gasteiger charge is -2.10. The third kappa shape index (κ3) is 4.58. The molecule has 0 amide bonds. The van der Waals surface area contributed by atoms with Crippen molar-refractivity contribution in [2.24, 2.45) is 5.92 Å². The van der Waals surface area contributed by atoms with Gasteiger partial charge >= 0.3 is 5.97 Å². The Bertz CT molecular complexity index is 911. The Hall–Kier alpha value is -2.47. The zero-order valence-electron chi connectivity index (χ0n) is 14.7. The third-order valence-electron chi connectivity index (χ3n) is 3.91. The van der Waals surface area contributed by atoms with E-state index in [0.717, 1.165) is 27.5 Å². The predicted molar refractivity (Wildman–Crippen MR) is 107 cm³/mol. The van der Waals surface area contributed by atoms with Crippen LogP contribution in [0.15, 0.2) is 53.3 Å². The molecular weight excluding hydrogens is 394 g/mol. The van der Waals surface area contributed by atoms with Crippen LogP contribution in [0.25, 0.3) is 10.9 Å². The molecule has 1 N–H and O–H groups in total. The van der Waals surface area contributed by atoms with Gasteiger partial charge in [0.15, 0.2) is 0 Å². The van der Waals surface area contributed by atoms with Crippen molar-refractivity contribution in [3.8, 4) is 0 Å². The number of nitrogens with zero attached hydrogens (tertiary/aromatic N) is 2. The molecule has 0 aliphatic heterocycles.